The number of carbonyl (C=O) groups is 2. The van der Waals surface area contributed by atoms with E-state index in [4.69, 9.17) is 10.2 Å². The fourth-order valence-corrected chi connectivity index (χ4v) is 5.89. The van der Waals surface area contributed by atoms with Crippen molar-refractivity contribution in [2.24, 2.45) is 0 Å². The molecular weight excluding hydrogens is 567 g/mol. The molecule has 0 spiro atoms. The summed E-state index contributed by atoms with van der Waals surface area (Å²) < 4.78 is 1.27. The fourth-order valence-electron chi connectivity index (χ4n) is 1.26. The summed E-state index contributed by atoms with van der Waals surface area (Å²) in [6, 6.07) is 0. The first-order valence-corrected chi connectivity index (χ1v) is 7.41. The van der Waals surface area contributed by atoms with Gasteiger partial charge in [-0.25, -0.2) is 9.59 Å². The molecule has 8 heteroatoms. The van der Waals surface area contributed by atoms with Crippen molar-refractivity contribution >= 4 is 85.4 Å². The molecule has 0 aromatic heterocycles. The van der Waals surface area contributed by atoms with Gasteiger partial charge in [-0.15, -0.1) is 0 Å². The molecule has 0 radical (unpaired) electrons. The molecule has 0 aliphatic heterocycles. The average Bonchev–Trinajstić information content (AvgIpc) is 2.16. The Morgan fingerprint density at radius 3 is 1.53 bits per heavy atom. The molecule has 0 atom stereocenters. The monoisotopic (exact) mass is 573 g/mol. The van der Waals surface area contributed by atoms with Gasteiger partial charge in [0.05, 0.1) is 24.0 Å². The van der Waals surface area contributed by atoms with Crippen LogP contribution in [0.1, 0.15) is 20.7 Å². The second-order valence-corrected chi connectivity index (χ2v) is 6.16. The predicted molar refractivity (Wildman–Crippen MR) is 88.1 cm³/mol. The average molecular weight is 573 g/mol. The zero-order valence-electron chi connectivity index (χ0n) is 8.34. The van der Waals surface area contributed by atoms with E-state index in [0.29, 0.717) is 12.8 Å². The van der Waals surface area contributed by atoms with E-state index >= 15 is 0 Å². The van der Waals surface area contributed by atoms with Crippen molar-refractivity contribution in [1.82, 2.24) is 0 Å². The fraction of sp³-hybridized carbons (Fsp3) is 0.111. The summed E-state index contributed by atoms with van der Waals surface area (Å²) in [4.78, 5) is 22.3. The van der Waals surface area contributed by atoms with Crippen LogP contribution in [0.2, 0.25) is 0 Å². The van der Waals surface area contributed by atoms with Gasteiger partial charge < -0.3 is 15.5 Å². The lowest BCUT2D eigenvalue weighted by Crippen LogP contribution is -2.14. The van der Waals surface area contributed by atoms with Crippen LogP contribution in [0.25, 0.3) is 0 Å². The first-order chi connectivity index (χ1) is 7.82. The Bertz CT molecular complexity index is 474. The highest BCUT2D eigenvalue weighted by molar-refractivity contribution is 14.1. The molecule has 1 aromatic rings. The topological polar surface area (TPSA) is 86.6 Å². The lowest BCUT2D eigenvalue weighted by Gasteiger charge is -2.14. The predicted octanol–water partition coefficient (Wildman–Crippen LogP) is 2.94. The van der Waals surface area contributed by atoms with E-state index in [2.05, 4.69) is 5.32 Å². The molecule has 0 heterocycles. The van der Waals surface area contributed by atoms with Crippen molar-refractivity contribution in [3.8, 4) is 0 Å². The Hall–Kier alpha value is 0.150. The van der Waals surface area contributed by atoms with Crippen LogP contribution in [-0.2, 0) is 0 Å². The van der Waals surface area contributed by atoms with E-state index in [1.54, 1.807) is 29.6 Å². The molecule has 3 N–H and O–H groups in total. The maximum absolute atomic E-state index is 11.2. The van der Waals surface area contributed by atoms with Crippen molar-refractivity contribution < 1.29 is 19.8 Å². The number of hydrogen-bond donors (Lipinski definition) is 3. The largest absolute Gasteiger partial charge is 0.478 e. The normalized spacial score (nSPS) is 10.1. The van der Waals surface area contributed by atoms with Crippen LogP contribution in [-0.4, -0.2) is 29.2 Å². The van der Waals surface area contributed by atoms with Crippen molar-refractivity contribution in [1.29, 1.82) is 0 Å². The summed E-state index contributed by atoms with van der Waals surface area (Å²) in [7, 11) is 1.63. The number of nitrogens with one attached hydrogen (secondary N) is 1. The van der Waals surface area contributed by atoms with Gasteiger partial charge in [0.1, 0.15) is 0 Å². The summed E-state index contributed by atoms with van der Waals surface area (Å²) in [6.45, 7) is 0. The number of anilines is 1. The second kappa shape index (κ2) is 5.86. The molecule has 1 aromatic carbocycles. The Balaban J connectivity index is 3.82. The van der Waals surface area contributed by atoms with Crippen LogP contribution >= 0.6 is 67.8 Å². The van der Waals surface area contributed by atoms with Gasteiger partial charge in [-0.3, -0.25) is 0 Å². The first-order valence-electron chi connectivity index (χ1n) is 4.17. The van der Waals surface area contributed by atoms with Crippen molar-refractivity contribution in [2.75, 3.05) is 12.4 Å². The van der Waals surface area contributed by atoms with E-state index in [9.17, 15) is 9.59 Å². The Morgan fingerprint density at radius 2 is 1.29 bits per heavy atom. The molecule has 1 rings (SSSR count). The van der Waals surface area contributed by atoms with E-state index in [1.165, 1.54) is 0 Å². The summed E-state index contributed by atoms with van der Waals surface area (Å²) in [6.07, 6.45) is 0. The third kappa shape index (κ3) is 2.77. The van der Waals surface area contributed by atoms with E-state index < -0.39 is 11.9 Å². The molecule has 92 valence electrons. The molecule has 0 bridgehead atoms. The zero-order valence-corrected chi connectivity index (χ0v) is 14.8. The van der Waals surface area contributed by atoms with Crippen LogP contribution in [0.15, 0.2) is 0 Å². The number of hydrogen-bond acceptors (Lipinski definition) is 3. The van der Waals surface area contributed by atoms with E-state index in [-0.39, 0.29) is 14.7 Å². The van der Waals surface area contributed by atoms with Crippen LogP contribution in [0.4, 0.5) is 5.69 Å². The molecular formula is C9H6I3NO4. The number of benzene rings is 1. The van der Waals surface area contributed by atoms with Gasteiger partial charge in [-0.1, -0.05) is 0 Å². The SMILES string of the molecule is CNc1c(I)c(C(=O)O)c(I)c(C(=O)O)c1I. The van der Waals surface area contributed by atoms with Crippen molar-refractivity contribution in [2.45, 2.75) is 0 Å². The molecule has 0 unspecified atom stereocenters. The maximum Gasteiger partial charge on any atom is 0.337 e. The third-order valence-corrected chi connectivity index (χ3v) is 5.23. The number of rotatable bonds is 3. The highest BCUT2D eigenvalue weighted by Gasteiger charge is 2.26. The summed E-state index contributed by atoms with van der Waals surface area (Å²) in [5.41, 5.74) is 0.572. The molecule has 0 fully saturated rings. The lowest BCUT2D eigenvalue weighted by atomic mass is 10.1. The molecule has 17 heavy (non-hydrogen) atoms. The lowest BCUT2D eigenvalue weighted by molar-refractivity contribution is 0.0694. The minimum absolute atomic E-state index is 0.0216. The van der Waals surface area contributed by atoms with Crippen LogP contribution in [0, 0.1) is 10.7 Å². The highest BCUT2D eigenvalue weighted by Crippen LogP contribution is 2.35. The quantitative estimate of drug-likeness (QED) is 0.485. The Morgan fingerprint density at radius 1 is 0.941 bits per heavy atom. The Kier molecular flexibility index (Phi) is 5.24. The number of aromatic carboxylic acids is 2. The van der Waals surface area contributed by atoms with Crippen LogP contribution in [0.5, 0.6) is 0 Å². The summed E-state index contributed by atoms with van der Waals surface area (Å²) in [5, 5.41) is 21.1. The molecule has 0 saturated heterocycles. The van der Waals surface area contributed by atoms with Gasteiger partial charge in [0.15, 0.2) is 0 Å². The summed E-state index contributed by atoms with van der Waals surface area (Å²) in [5.74, 6) is -2.26. The van der Waals surface area contributed by atoms with Gasteiger partial charge in [-0.2, -0.15) is 0 Å². The Labute approximate surface area is 138 Å². The van der Waals surface area contributed by atoms with Gasteiger partial charge >= 0.3 is 11.9 Å². The molecule has 0 amide bonds. The molecule has 0 aliphatic carbocycles. The minimum Gasteiger partial charge on any atom is -0.478 e. The number of carboxylic acids is 2. The van der Waals surface area contributed by atoms with E-state index in [0.717, 1.165) is 0 Å². The molecule has 5 nitrogen and oxygen atoms in total. The standard InChI is InChI=1S/C9H6I3NO4/c1-13-7-5(11)2(8(14)15)4(10)3(6(7)12)9(16)17/h13H,1H3,(H,14,15)(H,16,17). The molecule has 0 saturated carbocycles. The van der Waals surface area contributed by atoms with Crippen molar-refractivity contribution in [3.05, 3.63) is 21.8 Å². The van der Waals surface area contributed by atoms with Gasteiger partial charge in [-0.05, 0) is 67.8 Å². The molecule has 0 aliphatic rings. The maximum atomic E-state index is 11.2. The van der Waals surface area contributed by atoms with Crippen LogP contribution in [0.3, 0.4) is 0 Å². The zero-order chi connectivity index (χ0) is 13.3. The second-order valence-electron chi connectivity index (χ2n) is 2.93. The third-order valence-electron chi connectivity index (χ3n) is 1.99. The van der Waals surface area contributed by atoms with Gasteiger partial charge in [0.2, 0.25) is 0 Å². The van der Waals surface area contributed by atoms with Gasteiger partial charge in [0, 0.05) is 10.6 Å². The summed E-state index contributed by atoms with van der Waals surface area (Å²) >= 11 is 5.56. The first kappa shape index (κ1) is 15.2. The van der Waals surface area contributed by atoms with Gasteiger partial charge in [0.25, 0.3) is 0 Å². The van der Waals surface area contributed by atoms with Crippen molar-refractivity contribution in [3.63, 3.8) is 0 Å². The smallest absolute Gasteiger partial charge is 0.337 e. The van der Waals surface area contributed by atoms with Crippen LogP contribution < -0.4 is 5.32 Å². The highest BCUT2D eigenvalue weighted by atomic mass is 127. The minimum atomic E-state index is -1.13. The van der Waals surface area contributed by atoms with E-state index in [1.807, 2.05) is 45.2 Å². The number of carboxylic acid groups (broad SMARTS) is 2. The number of halogens is 3.